The van der Waals surface area contributed by atoms with Crippen LogP contribution in [0.25, 0.3) is 0 Å². The lowest BCUT2D eigenvalue weighted by Crippen LogP contribution is -2.19. The van der Waals surface area contributed by atoms with Crippen LogP contribution in [0.2, 0.25) is 0 Å². The van der Waals surface area contributed by atoms with E-state index in [1.165, 1.54) is 36.4 Å². The van der Waals surface area contributed by atoms with Crippen LogP contribution in [0, 0.1) is 0 Å². The van der Waals surface area contributed by atoms with E-state index < -0.39 is 35.3 Å². The molecular weight excluding hydrogens is 572 g/mol. The molecule has 4 aromatic carbocycles. The first-order valence-electron chi connectivity index (χ1n) is 13.0. The Morgan fingerprint density at radius 3 is 1.51 bits per heavy atom. The van der Waals surface area contributed by atoms with Crippen LogP contribution in [0.3, 0.4) is 0 Å². The Hall–Kier alpha value is -5.48. The van der Waals surface area contributed by atoms with E-state index >= 15 is 0 Å². The molecule has 0 atom stereocenters. The average Bonchev–Trinajstić information content (AvgIpc) is 3.45. The third-order valence-corrected chi connectivity index (χ3v) is 7.64. The Morgan fingerprint density at radius 1 is 0.581 bits per heavy atom. The van der Waals surface area contributed by atoms with Crippen LogP contribution in [0.1, 0.15) is 82.3 Å². The fourth-order valence-corrected chi connectivity index (χ4v) is 5.05. The molecule has 43 heavy (non-hydrogen) atoms. The standard InChI is InChI=1S/C33H20O9S/c1-33(2,19-5-9-21(10-6-19)39-27(34)17-3-13-23-25(15-17)31(38)41-29(23)36)20-7-11-22(12-8-20)40-28(35)18-4-14-24-26(16-18)32(43)42-30(24)37/h3-16H,1-2H3. The van der Waals surface area contributed by atoms with Gasteiger partial charge in [-0.15, -0.1) is 0 Å². The Morgan fingerprint density at radius 2 is 1.00 bits per heavy atom. The molecule has 2 heterocycles. The van der Waals surface area contributed by atoms with Gasteiger partial charge in [-0.05, 0) is 84.0 Å². The molecule has 0 aliphatic carbocycles. The molecular formula is C33H20O9S. The first-order valence-corrected chi connectivity index (χ1v) is 13.4. The number of hydrogen-bond donors (Lipinski definition) is 0. The monoisotopic (exact) mass is 592 g/mol. The summed E-state index contributed by atoms with van der Waals surface area (Å²) in [5, 5.41) is 0.0264. The molecule has 0 radical (unpaired) electrons. The molecule has 0 spiro atoms. The van der Waals surface area contributed by atoms with E-state index in [4.69, 9.17) is 26.4 Å². The second-order valence-corrected chi connectivity index (χ2v) is 10.7. The van der Waals surface area contributed by atoms with E-state index in [1.54, 1.807) is 24.3 Å². The molecule has 0 amide bonds. The maximum Gasteiger partial charge on any atom is 0.346 e. The molecule has 9 nitrogen and oxygen atoms in total. The van der Waals surface area contributed by atoms with Crippen molar-refractivity contribution in [3.05, 3.63) is 129 Å². The fourth-order valence-electron chi connectivity index (χ4n) is 4.80. The number of esters is 5. The minimum atomic E-state index is -0.800. The van der Waals surface area contributed by atoms with Crippen molar-refractivity contribution in [2.45, 2.75) is 19.3 Å². The smallest absolute Gasteiger partial charge is 0.346 e. The SMILES string of the molecule is CC(C)(c1ccc(OC(=O)c2ccc3c(c2)C(=O)OC3=O)cc1)c1ccc(OC(=O)c2ccc3c(c2)C(=S)OC3=O)cc1. The minimum Gasteiger partial charge on any atom is -0.423 e. The number of carbonyl (C=O) groups is 5. The molecule has 2 aliphatic heterocycles. The molecule has 0 fully saturated rings. The van der Waals surface area contributed by atoms with Gasteiger partial charge in [-0.3, -0.25) is 0 Å². The van der Waals surface area contributed by atoms with Crippen molar-refractivity contribution in [1.82, 2.24) is 0 Å². The lowest BCUT2D eigenvalue weighted by atomic mass is 9.78. The molecule has 0 saturated heterocycles. The highest BCUT2D eigenvalue weighted by molar-refractivity contribution is 7.80. The van der Waals surface area contributed by atoms with Crippen LogP contribution in [0.4, 0.5) is 0 Å². The van der Waals surface area contributed by atoms with Crippen LogP contribution in [0.5, 0.6) is 11.5 Å². The zero-order valence-electron chi connectivity index (χ0n) is 22.7. The van der Waals surface area contributed by atoms with Gasteiger partial charge >= 0.3 is 29.8 Å². The lowest BCUT2D eigenvalue weighted by molar-refractivity contribution is 0.0442. The van der Waals surface area contributed by atoms with E-state index in [0.29, 0.717) is 22.6 Å². The molecule has 0 unspecified atom stereocenters. The summed E-state index contributed by atoms with van der Waals surface area (Å²) in [6.45, 7) is 4.05. The summed E-state index contributed by atoms with van der Waals surface area (Å²) in [5.74, 6) is -2.74. The Balaban J connectivity index is 1.12. The van der Waals surface area contributed by atoms with Crippen molar-refractivity contribution in [3.8, 4) is 11.5 Å². The number of carbonyl (C=O) groups excluding carboxylic acids is 5. The molecule has 2 aliphatic rings. The predicted octanol–water partition coefficient (Wildman–Crippen LogP) is 5.61. The van der Waals surface area contributed by atoms with Gasteiger partial charge in [0.2, 0.25) is 5.05 Å². The number of fused-ring (bicyclic) bond motifs is 2. The molecule has 10 heteroatoms. The molecule has 4 aromatic rings. The summed E-state index contributed by atoms with van der Waals surface area (Å²) in [6, 6.07) is 22.6. The number of thiocarbonyl (C=S) groups is 1. The number of ether oxygens (including phenoxy) is 4. The third kappa shape index (κ3) is 5.08. The van der Waals surface area contributed by atoms with E-state index in [0.717, 1.165) is 11.1 Å². The third-order valence-electron chi connectivity index (χ3n) is 7.33. The van der Waals surface area contributed by atoms with Crippen LogP contribution >= 0.6 is 12.2 Å². The van der Waals surface area contributed by atoms with Crippen LogP contribution < -0.4 is 9.47 Å². The zero-order chi connectivity index (χ0) is 30.5. The quantitative estimate of drug-likeness (QED) is 0.121. The maximum atomic E-state index is 12.7. The Labute approximate surface area is 249 Å². The average molecular weight is 593 g/mol. The molecule has 212 valence electrons. The number of cyclic esters (lactones) is 3. The van der Waals surface area contributed by atoms with Gasteiger partial charge < -0.3 is 18.9 Å². The molecule has 0 aromatic heterocycles. The number of benzene rings is 4. The van der Waals surface area contributed by atoms with Crippen LogP contribution in [0.15, 0.2) is 84.9 Å². The van der Waals surface area contributed by atoms with Crippen molar-refractivity contribution in [2.75, 3.05) is 0 Å². The van der Waals surface area contributed by atoms with Gasteiger partial charge in [0.25, 0.3) is 0 Å². The largest absolute Gasteiger partial charge is 0.423 e. The first-order chi connectivity index (χ1) is 20.5. The number of rotatable bonds is 6. The molecule has 0 N–H and O–H groups in total. The van der Waals surface area contributed by atoms with Gasteiger partial charge in [0, 0.05) is 11.0 Å². The highest BCUT2D eigenvalue weighted by Gasteiger charge is 2.31. The Bertz CT molecular complexity index is 1750. The summed E-state index contributed by atoms with van der Waals surface area (Å²) in [6.07, 6.45) is 0. The first kappa shape index (κ1) is 27.7. The highest BCUT2D eigenvalue weighted by Crippen LogP contribution is 2.34. The van der Waals surface area contributed by atoms with Gasteiger partial charge in [0.1, 0.15) is 11.5 Å². The molecule has 0 bridgehead atoms. The van der Waals surface area contributed by atoms with Crippen molar-refractivity contribution in [1.29, 1.82) is 0 Å². The summed E-state index contributed by atoms with van der Waals surface area (Å²) in [5.41, 5.74) is 2.59. The van der Waals surface area contributed by atoms with Gasteiger partial charge in [0.15, 0.2) is 0 Å². The second-order valence-electron chi connectivity index (χ2n) is 10.3. The van der Waals surface area contributed by atoms with Crippen molar-refractivity contribution < 1.29 is 42.9 Å². The molecule has 6 rings (SSSR count). The normalized spacial score (nSPS) is 13.6. The van der Waals surface area contributed by atoms with Gasteiger partial charge in [-0.25, -0.2) is 24.0 Å². The van der Waals surface area contributed by atoms with Crippen molar-refractivity contribution >= 4 is 47.1 Å². The van der Waals surface area contributed by atoms with Gasteiger partial charge in [-0.2, -0.15) is 0 Å². The Kier molecular flexibility index (Phi) is 6.70. The summed E-state index contributed by atoms with van der Waals surface area (Å²) >= 11 is 5.04. The van der Waals surface area contributed by atoms with Crippen LogP contribution in [-0.4, -0.2) is 34.9 Å². The number of hydrogen-bond acceptors (Lipinski definition) is 10. The predicted molar refractivity (Wildman–Crippen MR) is 155 cm³/mol. The van der Waals surface area contributed by atoms with Gasteiger partial charge in [0.05, 0.1) is 27.8 Å². The second kappa shape index (κ2) is 10.4. The maximum absolute atomic E-state index is 12.7. The lowest BCUT2D eigenvalue weighted by Gasteiger charge is -2.26. The van der Waals surface area contributed by atoms with Crippen molar-refractivity contribution in [2.24, 2.45) is 0 Å². The van der Waals surface area contributed by atoms with E-state index in [-0.39, 0.29) is 27.3 Å². The topological polar surface area (TPSA) is 122 Å². The van der Waals surface area contributed by atoms with E-state index in [9.17, 15) is 24.0 Å². The summed E-state index contributed by atoms with van der Waals surface area (Å²) < 4.78 is 20.5. The van der Waals surface area contributed by atoms with E-state index in [1.807, 2.05) is 38.1 Å². The van der Waals surface area contributed by atoms with Gasteiger partial charge in [-0.1, -0.05) is 38.1 Å². The zero-order valence-corrected chi connectivity index (χ0v) is 23.5. The summed E-state index contributed by atoms with van der Waals surface area (Å²) in [4.78, 5) is 60.6. The molecule has 0 saturated carbocycles. The summed E-state index contributed by atoms with van der Waals surface area (Å²) in [7, 11) is 0. The van der Waals surface area contributed by atoms with E-state index in [2.05, 4.69) is 4.74 Å². The van der Waals surface area contributed by atoms with Crippen LogP contribution in [-0.2, 0) is 14.9 Å². The highest BCUT2D eigenvalue weighted by atomic mass is 32.1. The minimum absolute atomic E-state index is 0.0259. The van der Waals surface area contributed by atoms with Crippen molar-refractivity contribution in [3.63, 3.8) is 0 Å². The fraction of sp³-hybridized carbons (Fsp3) is 0.0909.